The summed E-state index contributed by atoms with van der Waals surface area (Å²) in [4.78, 5) is 4.18. The first-order valence-corrected chi connectivity index (χ1v) is 4.59. The lowest BCUT2D eigenvalue weighted by Crippen LogP contribution is -2.39. The highest BCUT2D eigenvalue weighted by Crippen LogP contribution is 2.15. The fourth-order valence-corrected chi connectivity index (χ4v) is 1.44. The van der Waals surface area contributed by atoms with Gasteiger partial charge in [-0.25, -0.2) is 4.98 Å². The topological polar surface area (TPSA) is 63.8 Å². The van der Waals surface area contributed by atoms with Gasteiger partial charge in [0, 0.05) is 23.6 Å². The molecule has 0 atom stereocenters. The number of hydrogen-bond acceptors (Lipinski definition) is 5. The molecule has 0 aliphatic rings. The van der Waals surface area contributed by atoms with Gasteiger partial charge in [0.1, 0.15) is 5.82 Å². The zero-order valence-corrected chi connectivity index (χ0v) is 8.40. The van der Waals surface area contributed by atoms with Gasteiger partial charge in [0.25, 0.3) is 0 Å². The SMILES string of the molecule is Cc1nsc(NC(C)(C)CN)n1. The molecule has 4 nitrogen and oxygen atoms in total. The lowest BCUT2D eigenvalue weighted by molar-refractivity contribution is 0.579. The molecule has 0 spiro atoms. The summed E-state index contributed by atoms with van der Waals surface area (Å²) in [7, 11) is 0. The van der Waals surface area contributed by atoms with E-state index in [0.717, 1.165) is 11.0 Å². The molecule has 0 fully saturated rings. The highest BCUT2D eigenvalue weighted by Gasteiger charge is 2.16. The van der Waals surface area contributed by atoms with Crippen LogP contribution in [0.25, 0.3) is 0 Å². The third-order valence-corrected chi connectivity index (χ3v) is 2.21. The minimum absolute atomic E-state index is 0.105. The van der Waals surface area contributed by atoms with Crippen molar-refractivity contribution in [1.29, 1.82) is 0 Å². The van der Waals surface area contributed by atoms with Gasteiger partial charge in [-0.1, -0.05) is 0 Å². The fourth-order valence-electron chi connectivity index (χ4n) is 0.688. The van der Waals surface area contributed by atoms with Crippen LogP contribution in [0.4, 0.5) is 5.13 Å². The monoisotopic (exact) mass is 186 g/mol. The van der Waals surface area contributed by atoms with E-state index < -0.39 is 0 Å². The van der Waals surface area contributed by atoms with Crippen LogP contribution in [0, 0.1) is 6.92 Å². The molecule has 0 saturated heterocycles. The van der Waals surface area contributed by atoms with Gasteiger partial charge in [0.15, 0.2) is 0 Å². The van der Waals surface area contributed by atoms with Crippen molar-refractivity contribution in [3.8, 4) is 0 Å². The van der Waals surface area contributed by atoms with Gasteiger partial charge in [-0.2, -0.15) is 4.37 Å². The quantitative estimate of drug-likeness (QED) is 0.739. The van der Waals surface area contributed by atoms with Crippen LogP contribution in [0.2, 0.25) is 0 Å². The summed E-state index contributed by atoms with van der Waals surface area (Å²) in [6.45, 7) is 6.51. The van der Waals surface area contributed by atoms with Gasteiger partial charge in [-0.05, 0) is 20.8 Å². The van der Waals surface area contributed by atoms with Crippen LogP contribution in [0.15, 0.2) is 0 Å². The Hall–Kier alpha value is -0.680. The Morgan fingerprint density at radius 2 is 2.25 bits per heavy atom. The Morgan fingerprint density at radius 1 is 1.58 bits per heavy atom. The minimum Gasteiger partial charge on any atom is -0.354 e. The fraction of sp³-hybridized carbons (Fsp3) is 0.714. The van der Waals surface area contributed by atoms with E-state index in [2.05, 4.69) is 14.7 Å². The van der Waals surface area contributed by atoms with Gasteiger partial charge in [-0.3, -0.25) is 0 Å². The van der Waals surface area contributed by atoms with Gasteiger partial charge < -0.3 is 11.1 Å². The molecule has 1 heterocycles. The second kappa shape index (κ2) is 3.37. The highest BCUT2D eigenvalue weighted by atomic mass is 32.1. The first-order valence-electron chi connectivity index (χ1n) is 3.82. The summed E-state index contributed by atoms with van der Waals surface area (Å²) in [5, 5.41) is 4.04. The van der Waals surface area contributed by atoms with Crippen LogP contribution < -0.4 is 11.1 Å². The van der Waals surface area contributed by atoms with Crippen molar-refractivity contribution in [2.24, 2.45) is 5.73 Å². The molecule has 0 aliphatic carbocycles. The van der Waals surface area contributed by atoms with Crippen molar-refractivity contribution >= 4 is 16.7 Å². The number of nitrogens with two attached hydrogens (primary N) is 1. The Morgan fingerprint density at radius 3 is 2.67 bits per heavy atom. The second-order valence-corrected chi connectivity index (χ2v) is 4.11. The third kappa shape index (κ3) is 2.42. The maximum absolute atomic E-state index is 5.55. The number of hydrogen-bond donors (Lipinski definition) is 2. The molecule has 0 amide bonds. The maximum Gasteiger partial charge on any atom is 0.203 e. The number of anilines is 1. The molecular formula is C7H14N4S. The predicted molar refractivity (Wildman–Crippen MR) is 51.4 cm³/mol. The van der Waals surface area contributed by atoms with Crippen molar-refractivity contribution in [3.63, 3.8) is 0 Å². The minimum atomic E-state index is -0.105. The lowest BCUT2D eigenvalue weighted by atomic mass is 10.1. The van der Waals surface area contributed by atoms with Crippen molar-refractivity contribution in [1.82, 2.24) is 9.36 Å². The molecule has 12 heavy (non-hydrogen) atoms. The molecule has 3 N–H and O–H groups in total. The van der Waals surface area contributed by atoms with Gasteiger partial charge in [0.05, 0.1) is 0 Å². The number of nitrogens with zero attached hydrogens (tertiary/aromatic N) is 2. The maximum atomic E-state index is 5.55. The number of aryl methyl sites for hydroxylation is 1. The lowest BCUT2D eigenvalue weighted by Gasteiger charge is -2.23. The molecule has 0 aliphatic heterocycles. The molecule has 0 bridgehead atoms. The normalized spacial score (nSPS) is 11.7. The molecular weight excluding hydrogens is 172 g/mol. The number of rotatable bonds is 3. The van der Waals surface area contributed by atoms with Gasteiger partial charge >= 0.3 is 0 Å². The Labute approximate surface area is 76.4 Å². The molecule has 68 valence electrons. The molecule has 0 aromatic carbocycles. The smallest absolute Gasteiger partial charge is 0.203 e. The average molecular weight is 186 g/mol. The first-order chi connectivity index (χ1) is 5.53. The van der Waals surface area contributed by atoms with Gasteiger partial charge in [0.2, 0.25) is 5.13 Å². The standard InChI is InChI=1S/C7H14N4S/c1-5-9-6(12-11-5)10-7(2,3)4-8/h4,8H2,1-3H3,(H,9,10,11). The van der Waals surface area contributed by atoms with Crippen LogP contribution in [0.1, 0.15) is 19.7 Å². The zero-order valence-electron chi connectivity index (χ0n) is 7.59. The Kier molecular flexibility index (Phi) is 2.64. The van der Waals surface area contributed by atoms with E-state index in [0.29, 0.717) is 6.54 Å². The largest absolute Gasteiger partial charge is 0.354 e. The van der Waals surface area contributed by atoms with Crippen molar-refractivity contribution in [2.45, 2.75) is 26.3 Å². The average Bonchev–Trinajstić information content (AvgIpc) is 2.35. The van der Waals surface area contributed by atoms with Crippen LogP contribution in [0.3, 0.4) is 0 Å². The van der Waals surface area contributed by atoms with Crippen molar-refractivity contribution in [3.05, 3.63) is 5.82 Å². The summed E-state index contributed by atoms with van der Waals surface area (Å²) in [6, 6.07) is 0. The van der Waals surface area contributed by atoms with E-state index in [-0.39, 0.29) is 5.54 Å². The molecule has 0 saturated carbocycles. The van der Waals surface area contributed by atoms with E-state index in [1.165, 1.54) is 11.5 Å². The Balaban J connectivity index is 2.63. The Bertz CT molecular complexity index is 256. The van der Waals surface area contributed by atoms with Crippen LogP contribution in [-0.4, -0.2) is 21.4 Å². The summed E-state index contributed by atoms with van der Waals surface area (Å²) >= 11 is 1.36. The van der Waals surface area contributed by atoms with Crippen molar-refractivity contribution in [2.75, 3.05) is 11.9 Å². The summed E-state index contributed by atoms with van der Waals surface area (Å²) in [5.74, 6) is 0.801. The van der Waals surface area contributed by atoms with Gasteiger partial charge in [-0.15, -0.1) is 0 Å². The summed E-state index contributed by atoms with van der Waals surface area (Å²) in [6.07, 6.45) is 0. The zero-order chi connectivity index (χ0) is 9.19. The van der Waals surface area contributed by atoms with E-state index in [1.54, 1.807) is 0 Å². The summed E-state index contributed by atoms with van der Waals surface area (Å²) in [5.41, 5.74) is 5.45. The van der Waals surface area contributed by atoms with Crippen LogP contribution in [-0.2, 0) is 0 Å². The molecule has 1 aromatic rings. The molecule has 0 radical (unpaired) electrons. The van der Waals surface area contributed by atoms with E-state index in [9.17, 15) is 0 Å². The van der Waals surface area contributed by atoms with E-state index in [4.69, 9.17) is 5.73 Å². The van der Waals surface area contributed by atoms with Crippen molar-refractivity contribution < 1.29 is 0 Å². The molecule has 5 heteroatoms. The highest BCUT2D eigenvalue weighted by molar-refractivity contribution is 7.09. The first kappa shape index (κ1) is 9.41. The second-order valence-electron chi connectivity index (χ2n) is 3.36. The number of aromatic nitrogens is 2. The predicted octanol–water partition coefficient (Wildman–Crippen LogP) is 0.996. The summed E-state index contributed by atoms with van der Waals surface area (Å²) < 4.78 is 4.06. The van der Waals surface area contributed by atoms with Crippen LogP contribution in [0.5, 0.6) is 0 Å². The van der Waals surface area contributed by atoms with Crippen LogP contribution >= 0.6 is 11.5 Å². The third-order valence-electron chi connectivity index (χ3n) is 1.48. The van der Waals surface area contributed by atoms with E-state index >= 15 is 0 Å². The molecule has 1 aromatic heterocycles. The van der Waals surface area contributed by atoms with E-state index in [1.807, 2.05) is 20.8 Å². The number of nitrogens with one attached hydrogen (secondary N) is 1. The molecule has 1 rings (SSSR count). The molecule has 0 unspecified atom stereocenters.